The Bertz CT molecular complexity index is 921. The lowest BCUT2D eigenvalue weighted by molar-refractivity contribution is -0.119. The van der Waals surface area contributed by atoms with Crippen LogP contribution in [0.1, 0.15) is 57.9 Å². The fourth-order valence-corrected chi connectivity index (χ4v) is 3.93. The van der Waals surface area contributed by atoms with Crippen LogP contribution in [0.3, 0.4) is 0 Å². The van der Waals surface area contributed by atoms with E-state index in [0.29, 0.717) is 42.3 Å². The maximum absolute atomic E-state index is 13.0. The van der Waals surface area contributed by atoms with Crippen molar-refractivity contribution in [3.8, 4) is 17.6 Å². The van der Waals surface area contributed by atoms with Crippen LogP contribution >= 0.6 is 0 Å². The first kappa shape index (κ1) is 20.8. The first-order valence-electron chi connectivity index (χ1n) is 9.96. The third-order valence-electron chi connectivity index (χ3n) is 5.35. The van der Waals surface area contributed by atoms with Gasteiger partial charge in [0.1, 0.15) is 17.4 Å². The molecule has 6 nitrogen and oxygen atoms in total. The number of rotatable bonds is 6. The van der Waals surface area contributed by atoms with Crippen LogP contribution in [0.5, 0.6) is 11.5 Å². The number of hydrogen-bond donors (Lipinski definition) is 1. The predicted octanol–water partition coefficient (Wildman–Crippen LogP) is 4.32. The average molecular weight is 396 g/mol. The summed E-state index contributed by atoms with van der Waals surface area (Å²) in [5, 5.41) is 9.76. The third-order valence-corrected chi connectivity index (χ3v) is 5.35. The minimum Gasteiger partial charge on any atom is -0.493 e. The molecule has 0 fully saturated rings. The zero-order valence-electron chi connectivity index (χ0n) is 17.5. The van der Waals surface area contributed by atoms with Gasteiger partial charge in [0, 0.05) is 18.4 Å². The molecule has 1 aromatic carbocycles. The summed E-state index contributed by atoms with van der Waals surface area (Å²) in [6.07, 6.45) is 2.94. The Kier molecular flexibility index (Phi) is 5.88. The van der Waals surface area contributed by atoms with Gasteiger partial charge in [0.2, 0.25) is 5.88 Å². The number of carbonyl (C=O) groups is 1. The normalized spacial score (nSPS) is 20.7. The summed E-state index contributed by atoms with van der Waals surface area (Å²) in [5.41, 5.74) is 7.42. The monoisotopic (exact) mass is 396 g/mol. The van der Waals surface area contributed by atoms with E-state index in [1.54, 1.807) is 13.2 Å². The topological polar surface area (TPSA) is 94.6 Å². The molecule has 0 unspecified atom stereocenters. The fourth-order valence-electron chi connectivity index (χ4n) is 3.93. The lowest BCUT2D eigenvalue weighted by Crippen LogP contribution is -2.33. The number of nitrogens with zero attached hydrogens (tertiary/aromatic N) is 1. The van der Waals surface area contributed by atoms with Crippen LogP contribution in [0.4, 0.5) is 0 Å². The van der Waals surface area contributed by atoms with Crippen molar-refractivity contribution < 1.29 is 19.0 Å². The molecule has 0 bridgehead atoms. The van der Waals surface area contributed by atoms with Gasteiger partial charge in [0.05, 0.1) is 19.6 Å². The highest BCUT2D eigenvalue weighted by molar-refractivity contribution is 6.00. The van der Waals surface area contributed by atoms with Gasteiger partial charge in [-0.1, -0.05) is 33.3 Å². The van der Waals surface area contributed by atoms with E-state index in [1.165, 1.54) is 0 Å². The van der Waals surface area contributed by atoms with Crippen LogP contribution < -0.4 is 15.2 Å². The Morgan fingerprint density at radius 3 is 2.72 bits per heavy atom. The van der Waals surface area contributed by atoms with E-state index in [2.05, 4.69) is 13.0 Å². The highest BCUT2D eigenvalue weighted by Crippen LogP contribution is 2.48. The van der Waals surface area contributed by atoms with Gasteiger partial charge in [-0.15, -0.1) is 0 Å². The van der Waals surface area contributed by atoms with E-state index >= 15 is 0 Å². The molecule has 0 radical (unpaired) electrons. The Labute approximate surface area is 171 Å². The molecule has 1 heterocycles. The number of unbranched alkanes of at least 4 members (excludes halogenated alkanes) is 1. The molecule has 2 aliphatic rings. The summed E-state index contributed by atoms with van der Waals surface area (Å²) in [7, 11) is 1.59. The molecule has 1 aliphatic carbocycles. The Balaban J connectivity index is 2.09. The fraction of sp³-hybridized carbons (Fsp3) is 0.478. The number of carbonyl (C=O) groups excluding carboxylic acids is 1. The van der Waals surface area contributed by atoms with Crippen LogP contribution in [-0.2, 0) is 9.53 Å². The predicted molar refractivity (Wildman–Crippen MR) is 109 cm³/mol. The van der Waals surface area contributed by atoms with Crippen LogP contribution in [-0.4, -0.2) is 19.5 Å². The van der Waals surface area contributed by atoms with Crippen molar-refractivity contribution >= 4 is 5.78 Å². The number of benzene rings is 1. The molecule has 0 saturated carbocycles. The lowest BCUT2D eigenvalue weighted by atomic mass is 9.70. The van der Waals surface area contributed by atoms with Gasteiger partial charge in [-0.05, 0) is 29.5 Å². The van der Waals surface area contributed by atoms with Crippen molar-refractivity contribution in [2.75, 3.05) is 13.7 Å². The largest absolute Gasteiger partial charge is 0.493 e. The van der Waals surface area contributed by atoms with Gasteiger partial charge >= 0.3 is 0 Å². The maximum atomic E-state index is 13.0. The second-order valence-electron chi connectivity index (χ2n) is 8.31. The summed E-state index contributed by atoms with van der Waals surface area (Å²) < 4.78 is 17.1. The quantitative estimate of drug-likeness (QED) is 0.720. The van der Waals surface area contributed by atoms with Crippen LogP contribution in [0.15, 0.2) is 41.0 Å². The van der Waals surface area contributed by atoms with Crippen molar-refractivity contribution in [3.63, 3.8) is 0 Å². The number of ether oxygens (including phenoxy) is 3. The van der Waals surface area contributed by atoms with Gasteiger partial charge in [-0.25, -0.2) is 0 Å². The molecule has 3 rings (SSSR count). The Morgan fingerprint density at radius 2 is 2.07 bits per heavy atom. The zero-order valence-corrected chi connectivity index (χ0v) is 17.5. The van der Waals surface area contributed by atoms with Gasteiger partial charge in [0.15, 0.2) is 17.3 Å². The summed E-state index contributed by atoms with van der Waals surface area (Å²) in [5.74, 6) is 1.25. The van der Waals surface area contributed by atoms with E-state index in [9.17, 15) is 10.1 Å². The smallest absolute Gasteiger partial charge is 0.205 e. The van der Waals surface area contributed by atoms with E-state index in [0.717, 1.165) is 18.4 Å². The maximum Gasteiger partial charge on any atom is 0.205 e. The summed E-state index contributed by atoms with van der Waals surface area (Å²) in [6, 6.07) is 7.64. The van der Waals surface area contributed by atoms with Gasteiger partial charge < -0.3 is 19.9 Å². The summed E-state index contributed by atoms with van der Waals surface area (Å²) >= 11 is 0. The molecule has 2 N–H and O–H groups in total. The van der Waals surface area contributed by atoms with Gasteiger partial charge in [0.25, 0.3) is 0 Å². The Hall–Kier alpha value is -2.94. The van der Waals surface area contributed by atoms with E-state index in [-0.39, 0.29) is 22.7 Å². The van der Waals surface area contributed by atoms with E-state index < -0.39 is 5.92 Å². The minimum atomic E-state index is -0.563. The summed E-state index contributed by atoms with van der Waals surface area (Å²) in [4.78, 5) is 13.0. The standard InChI is InChI=1S/C23H28N2O4/c1-5-6-9-28-18-10-14(7-8-17(18)27-4)20-15(13-24)22(25)29-19-12-23(2,3)11-16(26)21(19)20/h7-8,10,20H,5-6,9,11-12,25H2,1-4H3/t20-/m0/s1. The minimum absolute atomic E-state index is 0.00855. The molecular formula is C23H28N2O4. The van der Waals surface area contributed by atoms with Crippen LogP contribution in [0, 0.1) is 16.7 Å². The number of nitrogens with two attached hydrogens (primary N) is 1. The molecule has 1 atom stereocenters. The molecule has 0 spiro atoms. The molecule has 6 heteroatoms. The number of nitriles is 1. The molecule has 0 amide bonds. The first-order valence-corrected chi connectivity index (χ1v) is 9.96. The molecule has 0 aromatic heterocycles. The first-order chi connectivity index (χ1) is 13.8. The molecule has 0 saturated heterocycles. The Morgan fingerprint density at radius 1 is 1.31 bits per heavy atom. The zero-order chi connectivity index (χ0) is 21.2. The number of Topliss-reactive ketones (excluding diaryl/α,β-unsaturated/α-hetero) is 1. The average Bonchev–Trinajstić information content (AvgIpc) is 2.66. The molecule has 29 heavy (non-hydrogen) atoms. The van der Waals surface area contributed by atoms with Crippen molar-refractivity contribution in [3.05, 3.63) is 46.6 Å². The second kappa shape index (κ2) is 8.20. The summed E-state index contributed by atoms with van der Waals surface area (Å²) in [6.45, 7) is 6.71. The SMILES string of the molecule is CCCCOc1cc([C@H]2C(C#N)=C(N)OC3=C2C(=O)CC(C)(C)C3)ccc1OC. The number of allylic oxidation sites excluding steroid dienone is 3. The van der Waals surface area contributed by atoms with Crippen LogP contribution in [0.25, 0.3) is 0 Å². The molecule has 154 valence electrons. The van der Waals surface area contributed by atoms with E-state index in [4.69, 9.17) is 19.9 Å². The van der Waals surface area contributed by atoms with Crippen molar-refractivity contribution in [1.82, 2.24) is 0 Å². The van der Waals surface area contributed by atoms with Crippen molar-refractivity contribution in [2.24, 2.45) is 11.1 Å². The number of hydrogen-bond acceptors (Lipinski definition) is 6. The van der Waals surface area contributed by atoms with Crippen molar-refractivity contribution in [1.29, 1.82) is 5.26 Å². The highest BCUT2D eigenvalue weighted by atomic mass is 16.5. The molecule has 1 aromatic rings. The molecular weight excluding hydrogens is 368 g/mol. The number of methoxy groups -OCH3 is 1. The number of ketones is 1. The second-order valence-corrected chi connectivity index (χ2v) is 8.31. The van der Waals surface area contributed by atoms with Gasteiger partial charge in [-0.2, -0.15) is 5.26 Å². The van der Waals surface area contributed by atoms with Gasteiger partial charge in [-0.3, -0.25) is 4.79 Å². The van der Waals surface area contributed by atoms with Crippen LogP contribution in [0.2, 0.25) is 0 Å². The highest BCUT2D eigenvalue weighted by Gasteiger charge is 2.43. The third kappa shape index (κ3) is 4.09. The molecule has 1 aliphatic heterocycles. The van der Waals surface area contributed by atoms with E-state index in [1.807, 2.05) is 26.0 Å². The van der Waals surface area contributed by atoms with Crippen molar-refractivity contribution in [2.45, 2.75) is 52.4 Å². The lowest BCUT2D eigenvalue weighted by Gasteiger charge is -2.37.